The highest BCUT2D eigenvalue weighted by Crippen LogP contribution is 2.32. The Morgan fingerprint density at radius 1 is 1.04 bits per heavy atom. The van der Waals surface area contributed by atoms with Crippen LogP contribution in [-0.2, 0) is 5.75 Å². The van der Waals surface area contributed by atoms with Crippen LogP contribution in [0.25, 0.3) is 22.0 Å². The standard InChI is InChI=1S/C19H15N3O2S2/c1-23-16-10-6-5-9-15(16)17-21-22-19(24-17)26-12-14-11-25-18(20-14)13-7-3-2-4-8-13/h2-11H,12H2,1H3. The highest BCUT2D eigenvalue weighted by Gasteiger charge is 2.14. The van der Waals surface area contributed by atoms with Crippen molar-refractivity contribution in [2.45, 2.75) is 11.0 Å². The molecule has 0 amide bonds. The number of rotatable bonds is 6. The fourth-order valence-electron chi connectivity index (χ4n) is 2.42. The van der Waals surface area contributed by atoms with Crippen LogP contribution in [0.2, 0.25) is 0 Å². The minimum Gasteiger partial charge on any atom is -0.496 e. The van der Waals surface area contributed by atoms with Gasteiger partial charge in [0.15, 0.2) is 0 Å². The van der Waals surface area contributed by atoms with Crippen LogP contribution < -0.4 is 4.74 Å². The number of hydrogen-bond acceptors (Lipinski definition) is 7. The molecule has 2 heterocycles. The Kier molecular flexibility index (Phi) is 4.99. The van der Waals surface area contributed by atoms with E-state index >= 15 is 0 Å². The molecular weight excluding hydrogens is 366 g/mol. The van der Waals surface area contributed by atoms with Crippen LogP contribution in [0.1, 0.15) is 5.69 Å². The molecule has 0 bridgehead atoms. The monoisotopic (exact) mass is 381 g/mol. The molecule has 2 aromatic carbocycles. The van der Waals surface area contributed by atoms with Crippen molar-refractivity contribution < 1.29 is 9.15 Å². The SMILES string of the molecule is COc1ccccc1-c1nnc(SCc2csc(-c3ccccc3)n2)o1. The zero-order valence-electron chi connectivity index (χ0n) is 14.0. The largest absolute Gasteiger partial charge is 0.496 e. The predicted molar refractivity (Wildman–Crippen MR) is 103 cm³/mol. The molecule has 0 aliphatic carbocycles. The molecule has 0 saturated heterocycles. The summed E-state index contributed by atoms with van der Waals surface area (Å²) in [6.07, 6.45) is 0. The van der Waals surface area contributed by atoms with Crippen LogP contribution >= 0.6 is 23.1 Å². The summed E-state index contributed by atoms with van der Waals surface area (Å²) in [6, 6.07) is 17.7. The van der Waals surface area contributed by atoms with Gasteiger partial charge in [-0.3, -0.25) is 0 Å². The summed E-state index contributed by atoms with van der Waals surface area (Å²) >= 11 is 3.11. The van der Waals surface area contributed by atoms with E-state index in [4.69, 9.17) is 9.15 Å². The first kappa shape index (κ1) is 16.8. The van der Waals surface area contributed by atoms with Crippen LogP contribution in [0.5, 0.6) is 5.75 Å². The van der Waals surface area contributed by atoms with Crippen LogP contribution in [0.15, 0.2) is 69.6 Å². The summed E-state index contributed by atoms with van der Waals surface area (Å²) in [5.41, 5.74) is 2.91. The Bertz CT molecular complexity index is 999. The van der Waals surface area contributed by atoms with Gasteiger partial charge in [0.25, 0.3) is 11.1 Å². The molecule has 5 nitrogen and oxygen atoms in total. The molecule has 7 heteroatoms. The normalized spacial score (nSPS) is 10.8. The van der Waals surface area contributed by atoms with Crippen molar-refractivity contribution in [3.8, 4) is 27.8 Å². The van der Waals surface area contributed by atoms with Gasteiger partial charge in [0.2, 0.25) is 0 Å². The lowest BCUT2D eigenvalue weighted by Gasteiger charge is -2.03. The number of nitrogens with zero attached hydrogens (tertiary/aromatic N) is 3. The fraction of sp³-hybridized carbons (Fsp3) is 0.105. The first-order valence-corrected chi connectivity index (χ1v) is 9.79. The van der Waals surface area contributed by atoms with Gasteiger partial charge in [-0.2, -0.15) is 0 Å². The minimum atomic E-state index is 0.452. The molecule has 0 fully saturated rings. The smallest absolute Gasteiger partial charge is 0.277 e. The lowest BCUT2D eigenvalue weighted by atomic mass is 10.2. The summed E-state index contributed by atoms with van der Waals surface area (Å²) in [4.78, 5) is 4.68. The maximum absolute atomic E-state index is 5.76. The van der Waals surface area contributed by atoms with E-state index in [-0.39, 0.29) is 0 Å². The van der Waals surface area contributed by atoms with Crippen molar-refractivity contribution in [1.82, 2.24) is 15.2 Å². The Morgan fingerprint density at radius 2 is 1.85 bits per heavy atom. The second kappa shape index (κ2) is 7.72. The number of aromatic nitrogens is 3. The molecule has 26 heavy (non-hydrogen) atoms. The number of thiazole rings is 1. The van der Waals surface area contributed by atoms with Gasteiger partial charge in [-0.05, 0) is 12.1 Å². The van der Waals surface area contributed by atoms with E-state index in [0.29, 0.717) is 22.6 Å². The van der Waals surface area contributed by atoms with E-state index in [9.17, 15) is 0 Å². The number of benzene rings is 2. The zero-order chi connectivity index (χ0) is 17.8. The number of hydrogen-bond donors (Lipinski definition) is 0. The molecule has 0 N–H and O–H groups in total. The van der Waals surface area contributed by atoms with Crippen molar-refractivity contribution in [2.75, 3.05) is 7.11 Å². The Hall–Kier alpha value is -2.64. The molecule has 0 aliphatic rings. The Labute approximate surface area is 159 Å². The molecular formula is C19H15N3O2S2. The molecule has 4 aromatic rings. The third kappa shape index (κ3) is 3.63. The van der Waals surface area contributed by atoms with Gasteiger partial charge in [0, 0.05) is 16.7 Å². The third-order valence-corrected chi connectivity index (χ3v) is 5.45. The molecule has 0 atom stereocenters. The van der Waals surface area contributed by atoms with Gasteiger partial charge in [-0.1, -0.05) is 54.2 Å². The van der Waals surface area contributed by atoms with Crippen molar-refractivity contribution in [3.63, 3.8) is 0 Å². The molecule has 2 aromatic heterocycles. The van der Waals surface area contributed by atoms with Gasteiger partial charge < -0.3 is 9.15 Å². The first-order valence-electron chi connectivity index (χ1n) is 7.93. The van der Waals surface area contributed by atoms with Gasteiger partial charge in [-0.25, -0.2) is 4.98 Å². The lowest BCUT2D eigenvalue weighted by Crippen LogP contribution is -1.87. The van der Waals surface area contributed by atoms with Gasteiger partial charge in [-0.15, -0.1) is 21.5 Å². The van der Waals surface area contributed by atoms with E-state index in [0.717, 1.165) is 21.8 Å². The average Bonchev–Trinajstić information content (AvgIpc) is 3.36. The maximum Gasteiger partial charge on any atom is 0.277 e. The van der Waals surface area contributed by atoms with E-state index in [2.05, 4.69) is 32.7 Å². The highest BCUT2D eigenvalue weighted by molar-refractivity contribution is 7.98. The molecule has 0 saturated carbocycles. The Morgan fingerprint density at radius 3 is 2.69 bits per heavy atom. The summed E-state index contributed by atoms with van der Waals surface area (Å²) < 4.78 is 11.1. The Balaban J connectivity index is 1.45. The van der Waals surface area contributed by atoms with Crippen molar-refractivity contribution >= 4 is 23.1 Å². The first-order chi connectivity index (χ1) is 12.8. The van der Waals surface area contributed by atoms with Crippen LogP contribution in [0.4, 0.5) is 0 Å². The van der Waals surface area contributed by atoms with Gasteiger partial charge in [0.05, 0.1) is 18.4 Å². The number of methoxy groups -OCH3 is 1. The van der Waals surface area contributed by atoms with E-state index in [1.165, 1.54) is 11.8 Å². The highest BCUT2D eigenvalue weighted by atomic mass is 32.2. The van der Waals surface area contributed by atoms with Gasteiger partial charge >= 0.3 is 0 Å². The van der Waals surface area contributed by atoms with E-state index in [1.807, 2.05) is 42.5 Å². The summed E-state index contributed by atoms with van der Waals surface area (Å²) in [5.74, 6) is 1.84. The molecule has 0 unspecified atom stereocenters. The summed E-state index contributed by atoms with van der Waals surface area (Å²) in [7, 11) is 1.62. The van der Waals surface area contributed by atoms with Gasteiger partial charge in [0.1, 0.15) is 10.8 Å². The van der Waals surface area contributed by atoms with Crippen molar-refractivity contribution in [2.24, 2.45) is 0 Å². The predicted octanol–water partition coefficient (Wildman–Crippen LogP) is 5.16. The minimum absolute atomic E-state index is 0.452. The quantitative estimate of drug-likeness (QED) is 0.430. The average molecular weight is 381 g/mol. The molecule has 4 rings (SSSR count). The second-order valence-electron chi connectivity index (χ2n) is 5.37. The van der Waals surface area contributed by atoms with Crippen LogP contribution in [0.3, 0.4) is 0 Å². The topological polar surface area (TPSA) is 61.0 Å². The van der Waals surface area contributed by atoms with Crippen LogP contribution in [-0.4, -0.2) is 22.3 Å². The maximum atomic E-state index is 5.76. The number of ether oxygens (including phenoxy) is 1. The lowest BCUT2D eigenvalue weighted by molar-refractivity contribution is 0.411. The summed E-state index contributed by atoms with van der Waals surface area (Å²) in [6.45, 7) is 0. The van der Waals surface area contributed by atoms with E-state index < -0.39 is 0 Å². The van der Waals surface area contributed by atoms with E-state index in [1.54, 1.807) is 18.4 Å². The van der Waals surface area contributed by atoms with Crippen molar-refractivity contribution in [1.29, 1.82) is 0 Å². The summed E-state index contributed by atoms with van der Waals surface area (Å²) in [5, 5.41) is 11.8. The zero-order valence-corrected chi connectivity index (χ0v) is 15.6. The van der Waals surface area contributed by atoms with Crippen LogP contribution in [0, 0.1) is 0 Å². The molecule has 0 aliphatic heterocycles. The molecule has 0 spiro atoms. The molecule has 0 radical (unpaired) electrons. The fourth-order valence-corrected chi connectivity index (χ4v) is 4.01. The second-order valence-corrected chi connectivity index (χ2v) is 7.16. The number of para-hydroxylation sites is 1. The van der Waals surface area contributed by atoms with Crippen molar-refractivity contribution in [3.05, 3.63) is 65.7 Å². The third-order valence-electron chi connectivity index (χ3n) is 3.66. The number of thioether (sulfide) groups is 1. The molecule has 130 valence electrons.